The number of hydrogen-bond donors (Lipinski definition) is 2. The van der Waals surface area contributed by atoms with Crippen LogP contribution >= 0.6 is 0 Å². The van der Waals surface area contributed by atoms with Crippen LogP contribution in [0.4, 0.5) is 10.5 Å². The van der Waals surface area contributed by atoms with Crippen molar-refractivity contribution in [2.75, 3.05) is 51.8 Å². The minimum absolute atomic E-state index is 0.0491. The van der Waals surface area contributed by atoms with Gasteiger partial charge in [0.1, 0.15) is 5.75 Å². The zero-order chi connectivity index (χ0) is 24.9. The van der Waals surface area contributed by atoms with E-state index < -0.39 is 12.0 Å². The van der Waals surface area contributed by atoms with Crippen LogP contribution in [0.15, 0.2) is 59.8 Å². The molecule has 1 unspecified atom stereocenters. The monoisotopic (exact) mass is 478 g/mol. The van der Waals surface area contributed by atoms with E-state index in [4.69, 9.17) is 9.47 Å². The first-order valence-electron chi connectivity index (χ1n) is 11.5. The summed E-state index contributed by atoms with van der Waals surface area (Å²) in [6.45, 7) is 5.06. The maximum atomic E-state index is 12.8. The highest BCUT2D eigenvalue weighted by molar-refractivity contribution is 5.95. The van der Waals surface area contributed by atoms with E-state index in [1.165, 1.54) is 7.11 Å². The third-order valence-electron chi connectivity index (χ3n) is 6.40. The number of nitrogens with one attached hydrogen (secondary N) is 2. The molecular formula is C26H30N4O5. The molecule has 1 fully saturated rings. The molecule has 0 aliphatic carbocycles. The Balaban J connectivity index is 1.50. The molecular weight excluding hydrogens is 448 g/mol. The Morgan fingerprint density at radius 2 is 1.63 bits per heavy atom. The minimum Gasteiger partial charge on any atom is -0.497 e. The predicted molar refractivity (Wildman–Crippen MR) is 132 cm³/mol. The number of rotatable bonds is 7. The normalized spacial score (nSPS) is 18.5. The van der Waals surface area contributed by atoms with Crippen LogP contribution in [0.1, 0.15) is 28.9 Å². The van der Waals surface area contributed by atoms with Crippen molar-refractivity contribution in [2.45, 2.75) is 13.0 Å². The van der Waals surface area contributed by atoms with Crippen LogP contribution in [0.25, 0.3) is 0 Å². The summed E-state index contributed by atoms with van der Waals surface area (Å²) in [6.07, 6.45) is 0. The maximum absolute atomic E-state index is 12.8. The molecule has 2 heterocycles. The molecule has 1 atom stereocenters. The van der Waals surface area contributed by atoms with E-state index in [0.717, 1.165) is 37.4 Å². The predicted octanol–water partition coefficient (Wildman–Crippen LogP) is 2.50. The van der Waals surface area contributed by atoms with Gasteiger partial charge in [-0.15, -0.1) is 0 Å². The van der Waals surface area contributed by atoms with Crippen LogP contribution in [-0.4, -0.2) is 69.6 Å². The molecule has 0 saturated carbocycles. The Morgan fingerprint density at radius 3 is 2.20 bits per heavy atom. The van der Waals surface area contributed by atoms with Crippen molar-refractivity contribution in [1.82, 2.24) is 15.5 Å². The Labute approximate surface area is 204 Å². The zero-order valence-corrected chi connectivity index (χ0v) is 20.2. The second kappa shape index (κ2) is 10.6. The van der Waals surface area contributed by atoms with E-state index in [1.807, 2.05) is 36.4 Å². The summed E-state index contributed by atoms with van der Waals surface area (Å²) in [4.78, 5) is 41.3. The van der Waals surface area contributed by atoms with Crippen LogP contribution in [0, 0.1) is 0 Å². The van der Waals surface area contributed by atoms with Gasteiger partial charge in [-0.25, -0.2) is 9.59 Å². The minimum atomic E-state index is -0.627. The smallest absolute Gasteiger partial charge is 0.338 e. The number of hydrogen-bond acceptors (Lipinski definition) is 7. The van der Waals surface area contributed by atoms with Crippen LogP contribution in [0.5, 0.6) is 5.75 Å². The largest absolute Gasteiger partial charge is 0.497 e. The van der Waals surface area contributed by atoms with Gasteiger partial charge in [0, 0.05) is 49.7 Å². The molecule has 2 aromatic carbocycles. The van der Waals surface area contributed by atoms with Crippen molar-refractivity contribution < 1.29 is 23.9 Å². The quantitative estimate of drug-likeness (QED) is 0.466. The summed E-state index contributed by atoms with van der Waals surface area (Å²) in [5, 5.41) is 5.67. The van der Waals surface area contributed by atoms with Crippen LogP contribution in [0.2, 0.25) is 0 Å². The number of methoxy groups -OCH3 is 2. The maximum Gasteiger partial charge on any atom is 0.338 e. The summed E-state index contributed by atoms with van der Waals surface area (Å²) < 4.78 is 10.3. The zero-order valence-electron chi connectivity index (χ0n) is 20.2. The lowest BCUT2D eigenvalue weighted by molar-refractivity contribution is -0.136. The second-order valence-electron chi connectivity index (χ2n) is 8.55. The molecule has 1 saturated heterocycles. The molecule has 35 heavy (non-hydrogen) atoms. The molecule has 2 aliphatic heterocycles. The van der Waals surface area contributed by atoms with E-state index in [1.54, 1.807) is 26.2 Å². The fourth-order valence-electron chi connectivity index (χ4n) is 4.43. The van der Waals surface area contributed by atoms with E-state index in [-0.39, 0.29) is 11.8 Å². The number of anilines is 1. The molecule has 2 aliphatic rings. The molecule has 4 rings (SSSR count). The number of piperazine rings is 1. The number of Topliss-reactive ketones (excluding diaryl/α,β-unsaturated/α-hetero) is 1. The molecule has 0 spiro atoms. The van der Waals surface area contributed by atoms with Crippen molar-refractivity contribution in [3.63, 3.8) is 0 Å². The standard InChI is InChI=1S/C26H30N4O5/c1-17(31)18-4-8-20(9-5-18)30-14-12-29(13-15-30)16-22-23(25(32)35-3)24(28-26(33)27-22)19-6-10-21(34-2)11-7-19/h4-11,24H,12-16H2,1-3H3,(H2,27,28,33). The van der Waals surface area contributed by atoms with Crippen molar-refractivity contribution in [3.8, 4) is 5.75 Å². The summed E-state index contributed by atoms with van der Waals surface area (Å²) >= 11 is 0. The molecule has 184 valence electrons. The number of ether oxygens (including phenoxy) is 2. The molecule has 9 nitrogen and oxygen atoms in total. The lowest BCUT2D eigenvalue weighted by Gasteiger charge is -2.38. The van der Waals surface area contributed by atoms with Crippen LogP contribution in [-0.2, 0) is 9.53 Å². The topological polar surface area (TPSA) is 100 Å². The van der Waals surface area contributed by atoms with Gasteiger partial charge in [0.05, 0.1) is 25.8 Å². The van der Waals surface area contributed by atoms with E-state index in [9.17, 15) is 14.4 Å². The summed E-state index contributed by atoms with van der Waals surface area (Å²) in [6, 6.07) is 13.9. The Bertz CT molecular complexity index is 1120. The van der Waals surface area contributed by atoms with Gasteiger partial charge in [-0.05, 0) is 48.9 Å². The summed E-state index contributed by atoms with van der Waals surface area (Å²) in [5.74, 6) is 0.247. The summed E-state index contributed by atoms with van der Waals surface area (Å²) in [7, 11) is 2.92. The first-order valence-corrected chi connectivity index (χ1v) is 11.5. The molecule has 2 N–H and O–H groups in total. The Morgan fingerprint density at radius 1 is 0.971 bits per heavy atom. The molecule has 0 radical (unpaired) electrons. The van der Waals surface area contributed by atoms with E-state index in [2.05, 4.69) is 20.4 Å². The molecule has 9 heteroatoms. The molecule has 2 aromatic rings. The number of ketones is 1. The van der Waals surface area contributed by atoms with Gasteiger partial charge in [0.2, 0.25) is 0 Å². The average Bonchev–Trinajstić information content (AvgIpc) is 2.88. The first-order chi connectivity index (χ1) is 16.9. The van der Waals surface area contributed by atoms with E-state index >= 15 is 0 Å². The lowest BCUT2D eigenvalue weighted by Crippen LogP contribution is -2.51. The highest BCUT2D eigenvalue weighted by Crippen LogP contribution is 2.29. The third kappa shape index (κ3) is 5.46. The number of nitrogens with zero attached hydrogens (tertiary/aromatic N) is 2. The van der Waals surface area contributed by atoms with Gasteiger partial charge < -0.3 is 25.0 Å². The number of amides is 2. The highest BCUT2D eigenvalue weighted by Gasteiger charge is 2.34. The number of carbonyl (C=O) groups is 3. The molecule has 2 amide bonds. The van der Waals surface area contributed by atoms with Crippen LogP contribution < -0.4 is 20.3 Å². The van der Waals surface area contributed by atoms with Crippen molar-refractivity contribution in [1.29, 1.82) is 0 Å². The van der Waals surface area contributed by atoms with Crippen molar-refractivity contribution in [2.24, 2.45) is 0 Å². The number of benzene rings is 2. The SMILES string of the molecule is COC(=O)C1=C(CN2CCN(c3ccc(C(C)=O)cc3)CC2)NC(=O)NC1c1ccc(OC)cc1. The van der Waals surface area contributed by atoms with Gasteiger partial charge >= 0.3 is 12.0 Å². The summed E-state index contributed by atoms with van der Waals surface area (Å²) in [5.41, 5.74) is 3.46. The second-order valence-corrected chi connectivity index (χ2v) is 8.55. The molecule has 0 aromatic heterocycles. The Hall–Kier alpha value is -3.85. The van der Waals surface area contributed by atoms with Gasteiger partial charge in [0.25, 0.3) is 0 Å². The highest BCUT2D eigenvalue weighted by atomic mass is 16.5. The van der Waals surface area contributed by atoms with Crippen molar-refractivity contribution >= 4 is 23.5 Å². The fraction of sp³-hybridized carbons (Fsp3) is 0.346. The fourth-order valence-corrected chi connectivity index (χ4v) is 4.43. The molecule has 0 bridgehead atoms. The average molecular weight is 479 g/mol. The first kappa shape index (κ1) is 24.3. The van der Waals surface area contributed by atoms with Gasteiger partial charge in [-0.2, -0.15) is 0 Å². The van der Waals surface area contributed by atoms with E-state index in [0.29, 0.717) is 29.1 Å². The van der Waals surface area contributed by atoms with Crippen molar-refractivity contribution in [3.05, 3.63) is 70.9 Å². The Kier molecular flexibility index (Phi) is 7.36. The van der Waals surface area contributed by atoms with Gasteiger partial charge in [0.15, 0.2) is 5.78 Å². The third-order valence-corrected chi connectivity index (χ3v) is 6.40. The number of carbonyl (C=O) groups excluding carboxylic acids is 3. The number of urea groups is 1. The lowest BCUT2D eigenvalue weighted by atomic mass is 9.95. The number of esters is 1. The van der Waals surface area contributed by atoms with Gasteiger partial charge in [-0.3, -0.25) is 9.69 Å². The van der Waals surface area contributed by atoms with Gasteiger partial charge in [-0.1, -0.05) is 12.1 Å². The van der Waals surface area contributed by atoms with Crippen LogP contribution in [0.3, 0.4) is 0 Å².